The van der Waals surface area contributed by atoms with Gasteiger partial charge in [-0.15, -0.1) is 0 Å². The highest BCUT2D eigenvalue weighted by molar-refractivity contribution is 5.99. The summed E-state index contributed by atoms with van der Waals surface area (Å²) in [6.45, 7) is 12.5. The zero-order valence-electron chi connectivity index (χ0n) is 28.3. The molecule has 2 aromatic carbocycles. The van der Waals surface area contributed by atoms with E-state index in [1.165, 1.54) is 13.8 Å². The Labute approximate surface area is 276 Å². The molecule has 12 nitrogen and oxygen atoms in total. The molecule has 0 fully saturated rings. The van der Waals surface area contributed by atoms with Crippen molar-refractivity contribution < 1.29 is 33.4 Å². The van der Waals surface area contributed by atoms with Crippen LogP contribution in [0.3, 0.4) is 0 Å². The third-order valence-corrected chi connectivity index (χ3v) is 7.17. The minimum absolute atomic E-state index is 0.146. The molecule has 1 aromatic heterocycles. The van der Waals surface area contributed by atoms with Crippen LogP contribution in [-0.2, 0) is 41.7 Å². The molecule has 3 N–H and O–H groups in total. The summed E-state index contributed by atoms with van der Waals surface area (Å²) >= 11 is 0. The van der Waals surface area contributed by atoms with Gasteiger partial charge in [-0.1, -0.05) is 60.7 Å². The summed E-state index contributed by atoms with van der Waals surface area (Å²) in [5.74, 6) is -1.63. The van der Waals surface area contributed by atoms with Crippen LogP contribution in [0.25, 0.3) is 0 Å². The Morgan fingerprint density at radius 3 is 2.19 bits per heavy atom. The van der Waals surface area contributed by atoms with Gasteiger partial charge in [0.25, 0.3) is 5.91 Å². The summed E-state index contributed by atoms with van der Waals surface area (Å²) in [6, 6.07) is 17.7. The number of aryl methyl sites for hydroxylation is 1. The molecule has 12 heteroatoms. The molecule has 0 aliphatic rings. The number of aromatic nitrogens is 2. The molecule has 0 saturated carbocycles. The van der Waals surface area contributed by atoms with Crippen LogP contribution in [-0.4, -0.2) is 63.8 Å². The number of alkyl carbamates (subject to hydrolysis) is 1. The van der Waals surface area contributed by atoms with E-state index in [1.54, 1.807) is 40.9 Å². The van der Waals surface area contributed by atoms with E-state index in [1.807, 2.05) is 65.2 Å². The molecule has 0 radical (unpaired) electrons. The van der Waals surface area contributed by atoms with E-state index < -0.39 is 41.0 Å². The lowest BCUT2D eigenvalue weighted by atomic mass is 9.96. The normalized spacial score (nSPS) is 12.8. The van der Waals surface area contributed by atoms with Crippen molar-refractivity contribution in [3.05, 3.63) is 83.8 Å². The Morgan fingerprint density at radius 2 is 1.57 bits per heavy atom. The van der Waals surface area contributed by atoms with E-state index in [-0.39, 0.29) is 25.8 Å². The van der Waals surface area contributed by atoms with Crippen molar-refractivity contribution in [1.29, 1.82) is 0 Å². The highest BCUT2D eigenvalue weighted by atomic mass is 16.6. The third kappa shape index (κ3) is 11.5. The Balaban J connectivity index is 1.72. The Bertz CT molecular complexity index is 1480. The van der Waals surface area contributed by atoms with Crippen LogP contribution in [0.5, 0.6) is 0 Å². The van der Waals surface area contributed by atoms with Gasteiger partial charge < -0.3 is 34.7 Å². The molecule has 1 unspecified atom stereocenters. The summed E-state index contributed by atoms with van der Waals surface area (Å²) in [5, 5.41) is 8.07. The fourth-order valence-corrected chi connectivity index (χ4v) is 4.62. The minimum atomic E-state index is -1.41. The van der Waals surface area contributed by atoms with E-state index in [2.05, 4.69) is 20.9 Å². The summed E-state index contributed by atoms with van der Waals surface area (Å²) in [6.07, 6.45) is 1.28. The number of ether oxygens (including phenoxy) is 3. The number of nitrogens with zero attached hydrogens (tertiary/aromatic N) is 2. The van der Waals surface area contributed by atoms with E-state index >= 15 is 0 Å². The maximum Gasteiger partial charge on any atom is 0.408 e. The first-order chi connectivity index (χ1) is 22.2. The van der Waals surface area contributed by atoms with Crippen LogP contribution in [0, 0.1) is 6.92 Å². The monoisotopic (exact) mass is 649 g/mol. The van der Waals surface area contributed by atoms with Crippen molar-refractivity contribution in [3.63, 3.8) is 0 Å². The van der Waals surface area contributed by atoms with Gasteiger partial charge in [0.05, 0.1) is 37.8 Å². The molecular weight excluding hydrogens is 602 g/mol. The first kappa shape index (κ1) is 36.8. The Kier molecular flexibility index (Phi) is 13.1. The molecule has 0 spiro atoms. The van der Waals surface area contributed by atoms with Gasteiger partial charge in [0, 0.05) is 6.54 Å². The molecule has 47 heavy (non-hydrogen) atoms. The molecular formula is C35H47N5O7. The van der Waals surface area contributed by atoms with E-state index in [4.69, 9.17) is 14.2 Å². The Hall–Kier alpha value is -4.71. The lowest BCUT2D eigenvalue weighted by molar-refractivity contribution is -0.145. The van der Waals surface area contributed by atoms with Crippen molar-refractivity contribution in [1.82, 2.24) is 20.2 Å². The van der Waals surface area contributed by atoms with Crippen molar-refractivity contribution >= 4 is 29.7 Å². The third-order valence-electron chi connectivity index (χ3n) is 7.17. The summed E-state index contributed by atoms with van der Waals surface area (Å²) < 4.78 is 18.3. The predicted molar refractivity (Wildman–Crippen MR) is 178 cm³/mol. The van der Waals surface area contributed by atoms with Gasteiger partial charge in [-0.2, -0.15) is 0 Å². The number of hydrogen-bond donors (Lipinski definition) is 3. The first-order valence-electron chi connectivity index (χ1n) is 15.7. The number of rotatable bonds is 15. The van der Waals surface area contributed by atoms with Crippen molar-refractivity contribution in [2.24, 2.45) is 0 Å². The summed E-state index contributed by atoms with van der Waals surface area (Å²) in [7, 11) is 0. The number of nitrogens with one attached hydrogen (secondary N) is 3. The average Bonchev–Trinajstić information content (AvgIpc) is 3.34. The van der Waals surface area contributed by atoms with Gasteiger partial charge in [0.1, 0.15) is 17.2 Å². The quantitative estimate of drug-likeness (QED) is 0.198. The van der Waals surface area contributed by atoms with E-state index in [9.17, 15) is 19.2 Å². The molecule has 0 aliphatic heterocycles. The number of carbonyl (C=O) groups excluding carboxylic acids is 4. The predicted octanol–water partition coefficient (Wildman–Crippen LogP) is 4.87. The smallest absolute Gasteiger partial charge is 0.408 e. The molecule has 3 amide bonds. The van der Waals surface area contributed by atoms with Gasteiger partial charge in [0.15, 0.2) is 5.82 Å². The second-order valence-electron chi connectivity index (χ2n) is 12.6. The zero-order valence-corrected chi connectivity index (χ0v) is 28.3. The topological polar surface area (TPSA) is 150 Å². The number of amides is 3. The van der Waals surface area contributed by atoms with Gasteiger partial charge >= 0.3 is 12.1 Å². The SMILES string of the molecule is CCOC(=O)C(CCn1cnc(NC(=O)[C@@H](COCc2ccccc2)NC(=O)C(C)(C)NC(=O)OC(C)(C)C)c1C)c1ccccc1. The first-order valence-corrected chi connectivity index (χ1v) is 15.7. The van der Waals surface area contributed by atoms with Gasteiger partial charge in [-0.3, -0.25) is 14.4 Å². The number of imidazole rings is 1. The van der Waals surface area contributed by atoms with Crippen LogP contribution in [0.15, 0.2) is 67.0 Å². The van der Waals surface area contributed by atoms with Crippen molar-refractivity contribution in [2.45, 2.75) is 91.1 Å². The van der Waals surface area contributed by atoms with Gasteiger partial charge in [0.2, 0.25) is 5.91 Å². The molecule has 254 valence electrons. The van der Waals surface area contributed by atoms with E-state index in [0.717, 1.165) is 11.1 Å². The summed E-state index contributed by atoms with van der Waals surface area (Å²) in [5.41, 5.74) is 0.251. The van der Waals surface area contributed by atoms with Crippen LogP contribution in [0.4, 0.5) is 10.6 Å². The number of esters is 1. The maximum atomic E-state index is 13.6. The molecule has 2 atom stereocenters. The summed E-state index contributed by atoms with van der Waals surface area (Å²) in [4.78, 5) is 56.4. The van der Waals surface area contributed by atoms with Gasteiger partial charge in [-0.05, 0) is 66.0 Å². The number of carbonyl (C=O) groups is 4. The van der Waals surface area contributed by atoms with E-state index in [0.29, 0.717) is 24.5 Å². The van der Waals surface area contributed by atoms with Crippen LogP contribution in [0.1, 0.15) is 70.7 Å². The Morgan fingerprint density at radius 1 is 0.936 bits per heavy atom. The molecule has 0 bridgehead atoms. The lowest BCUT2D eigenvalue weighted by Crippen LogP contribution is -2.59. The maximum absolute atomic E-state index is 13.6. The number of benzene rings is 2. The fraction of sp³-hybridized carbons (Fsp3) is 0.457. The minimum Gasteiger partial charge on any atom is -0.466 e. The highest BCUT2D eigenvalue weighted by Crippen LogP contribution is 2.24. The second kappa shape index (κ2) is 16.7. The van der Waals surface area contributed by atoms with Gasteiger partial charge in [-0.25, -0.2) is 9.78 Å². The van der Waals surface area contributed by atoms with Crippen molar-refractivity contribution in [2.75, 3.05) is 18.5 Å². The average molecular weight is 650 g/mol. The van der Waals surface area contributed by atoms with Crippen LogP contribution < -0.4 is 16.0 Å². The molecule has 3 rings (SSSR count). The van der Waals surface area contributed by atoms with Crippen LogP contribution in [0.2, 0.25) is 0 Å². The highest BCUT2D eigenvalue weighted by Gasteiger charge is 2.35. The number of hydrogen-bond acceptors (Lipinski definition) is 8. The van der Waals surface area contributed by atoms with Crippen molar-refractivity contribution in [3.8, 4) is 0 Å². The fourth-order valence-electron chi connectivity index (χ4n) is 4.62. The molecule has 1 heterocycles. The standard InChI is InChI=1S/C35H47N5O7/c1-8-46-31(42)27(26-17-13-10-14-18-26)19-20-40-23-36-29(24(40)2)38-30(41)28(22-45-21-25-15-11-9-12-16-25)37-32(43)35(6,7)39-33(44)47-34(3,4)5/h9-18,23,27-28H,8,19-22H2,1-7H3,(H,37,43)(H,38,41)(H,39,44)/t27?,28-/m1/s1. The second-order valence-corrected chi connectivity index (χ2v) is 12.6. The zero-order chi connectivity index (χ0) is 34.6. The van der Waals surface area contributed by atoms with Crippen LogP contribution >= 0.6 is 0 Å². The molecule has 0 aliphatic carbocycles. The molecule has 0 saturated heterocycles. The largest absolute Gasteiger partial charge is 0.466 e. The molecule has 3 aromatic rings. The number of anilines is 1. The lowest BCUT2D eigenvalue weighted by Gasteiger charge is -2.29.